The maximum atomic E-state index is 6.23. The Hall–Kier alpha value is -1.89. The molecule has 3 rings (SSSR count). The SMILES string of the molecule is Nc1ccccc1CP(=S)(c1ccccc1)c1ccccc1. The predicted molar refractivity (Wildman–Crippen MR) is 101 cm³/mol. The maximum Gasteiger partial charge on any atom is 0.0350 e. The summed E-state index contributed by atoms with van der Waals surface area (Å²) in [6, 6.07) is 27.0. The summed E-state index contributed by atoms with van der Waals surface area (Å²) in [4.78, 5) is 0. The molecule has 0 fully saturated rings. The van der Waals surface area contributed by atoms with Crippen LogP contribution in [0.5, 0.6) is 0 Å². The molecule has 22 heavy (non-hydrogen) atoms. The van der Waals surface area contributed by atoms with E-state index in [1.807, 2.05) is 30.3 Å². The van der Waals surface area contributed by atoms with Gasteiger partial charge in [-0.2, -0.15) is 0 Å². The van der Waals surface area contributed by atoms with Gasteiger partial charge in [-0.05, 0) is 22.2 Å². The first kappa shape index (κ1) is 15.0. The fraction of sp³-hybridized carbons (Fsp3) is 0.0526. The molecule has 3 aromatic carbocycles. The van der Waals surface area contributed by atoms with Gasteiger partial charge in [0.1, 0.15) is 0 Å². The Balaban J connectivity index is 2.13. The van der Waals surface area contributed by atoms with E-state index in [1.165, 1.54) is 10.6 Å². The zero-order chi connectivity index (χ0) is 15.4. The third-order valence-corrected chi connectivity index (χ3v) is 8.50. The average Bonchev–Trinajstić information content (AvgIpc) is 2.58. The molecule has 0 aromatic heterocycles. The summed E-state index contributed by atoms with van der Waals surface area (Å²) in [5.74, 6) is 0. The van der Waals surface area contributed by atoms with E-state index in [4.69, 9.17) is 17.5 Å². The molecule has 3 heteroatoms. The molecule has 0 radical (unpaired) electrons. The van der Waals surface area contributed by atoms with Crippen molar-refractivity contribution in [3.63, 3.8) is 0 Å². The Bertz CT molecular complexity index is 756. The Morgan fingerprint density at radius 1 is 0.682 bits per heavy atom. The Labute approximate surface area is 136 Å². The molecule has 1 nitrogen and oxygen atoms in total. The van der Waals surface area contributed by atoms with Crippen molar-refractivity contribution in [3.8, 4) is 0 Å². The number of rotatable bonds is 4. The number of nitrogen functional groups attached to an aromatic ring is 1. The molecule has 0 aliphatic carbocycles. The van der Waals surface area contributed by atoms with E-state index in [0.29, 0.717) is 0 Å². The number of benzene rings is 3. The summed E-state index contributed by atoms with van der Waals surface area (Å²) in [5.41, 5.74) is 8.12. The predicted octanol–water partition coefficient (Wildman–Crippen LogP) is 3.90. The van der Waals surface area contributed by atoms with Crippen LogP contribution in [0, 0.1) is 0 Å². The highest BCUT2D eigenvalue weighted by Gasteiger charge is 2.23. The third kappa shape index (κ3) is 2.99. The summed E-state index contributed by atoms with van der Waals surface area (Å²) in [6.07, 6.45) is 0.809. The topological polar surface area (TPSA) is 26.0 Å². The van der Waals surface area contributed by atoms with Gasteiger partial charge in [0.25, 0.3) is 0 Å². The molecule has 0 unspecified atom stereocenters. The molecule has 2 N–H and O–H groups in total. The standard InChI is InChI=1S/C19H18NPS/c20-19-14-8-7-9-16(19)15-21(22,17-10-3-1-4-11-17)18-12-5-2-6-13-18/h1-14H,15,20H2. The van der Waals surface area contributed by atoms with E-state index in [0.717, 1.165) is 17.4 Å². The Morgan fingerprint density at radius 3 is 1.64 bits per heavy atom. The number of nitrogens with two attached hydrogens (primary N) is 1. The van der Waals surface area contributed by atoms with Crippen LogP contribution in [-0.2, 0) is 18.0 Å². The van der Waals surface area contributed by atoms with E-state index in [-0.39, 0.29) is 0 Å². The van der Waals surface area contributed by atoms with Crippen LogP contribution in [0.1, 0.15) is 5.56 Å². The largest absolute Gasteiger partial charge is 0.398 e. The fourth-order valence-electron chi connectivity index (χ4n) is 2.59. The van der Waals surface area contributed by atoms with Gasteiger partial charge in [0.05, 0.1) is 0 Å². The molecule has 0 saturated carbocycles. The van der Waals surface area contributed by atoms with E-state index in [2.05, 4.69) is 54.6 Å². The van der Waals surface area contributed by atoms with E-state index in [1.54, 1.807) is 0 Å². The summed E-state index contributed by atoms with van der Waals surface area (Å²) in [5, 5.41) is 2.47. The van der Waals surface area contributed by atoms with Gasteiger partial charge >= 0.3 is 0 Å². The molecule has 0 spiro atoms. The van der Waals surface area contributed by atoms with Gasteiger partial charge in [-0.25, -0.2) is 0 Å². The number of anilines is 1. The van der Waals surface area contributed by atoms with Crippen LogP contribution in [0.2, 0.25) is 0 Å². The van der Waals surface area contributed by atoms with Gasteiger partial charge in [-0.1, -0.05) is 90.7 Å². The molecule has 0 heterocycles. The van der Waals surface area contributed by atoms with Gasteiger partial charge in [0.2, 0.25) is 0 Å². The second-order valence-electron chi connectivity index (χ2n) is 5.27. The van der Waals surface area contributed by atoms with E-state index >= 15 is 0 Å². The van der Waals surface area contributed by atoms with Crippen molar-refractivity contribution in [3.05, 3.63) is 90.5 Å². The lowest BCUT2D eigenvalue weighted by molar-refractivity contribution is 1.40. The highest BCUT2D eigenvalue weighted by molar-refractivity contribution is 8.21. The second-order valence-corrected chi connectivity index (χ2v) is 9.97. The monoisotopic (exact) mass is 323 g/mol. The zero-order valence-electron chi connectivity index (χ0n) is 12.2. The second kappa shape index (κ2) is 6.48. The van der Waals surface area contributed by atoms with Crippen molar-refractivity contribution in [2.45, 2.75) is 6.16 Å². The maximum absolute atomic E-state index is 6.23. The van der Waals surface area contributed by atoms with Crippen molar-refractivity contribution in [2.75, 3.05) is 5.73 Å². The molecule has 0 bridgehead atoms. The number of hydrogen-bond acceptors (Lipinski definition) is 2. The molecule has 3 aromatic rings. The smallest absolute Gasteiger partial charge is 0.0350 e. The number of para-hydroxylation sites is 1. The van der Waals surface area contributed by atoms with Gasteiger partial charge in [0.15, 0.2) is 0 Å². The first-order chi connectivity index (χ1) is 10.7. The fourth-order valence-corrected chi connectivity index (χ4v) is 6.47. The van der Waals surface area contributed by atoms with Crippen LogP contribution in [-0.4, -0.2) is 0 Å². The zero-order valence-corrected chi connectivity index (χ0v) is 13.9. The lowest BCUT2D eigenvalue weighted by Gasteiger charge is -2.24. The van der Waals surface area contributed by atoms with Crippen LogP contribution in [0.3, 0.4) is 0 Å². The highest BCUT2D eigenvalue weighted by Crippen LogP contribution is 2.48. The van der Waals surface area contributed by atoms with Gasteiger partial charge in [0, 0.05) is 17.9 Å². The lowest BCUT2D eigenvalue weighted by Crippen LogP contribution is -2.17. The van der Waals surface area contributed by atoms with E-state index in [9.17, 15) is 0 Å². The summed E-state index contributed by atoms with van der Waals surface area (Å²) in [7, 11) is 0. The summed E-state index contributed by atoms with van der Waals surface area (Å²) in [6.45, 7) is 0. The molecule has 0 atom stereocenters. The van der Waals surface area contributed by atoms with Crippen molar-refractivity contribution in [1.82, 2.24) is 0 Å². The first-order valence-electron chi connectivity index (χ1n) is 7.24. The number of hydrogen-bond donors (Lipinski definition) is 1. The first-order valence-corrected chi connectivity index (χ1v) is 10.2. The minimum absolute atomic E-state index is 0.809. The molecule has 0 amide bonds. The van der Waals surface area contributed by atoms with Gasteiger partial charge in [-0.3, -0.25) is 0 Å². The molecule has 0 aliphatic heterocycles. The van der Waals surface area contributed by atoms with Crippen molar-refractivity contribution < 1.29 is 0 Å². The minimum atomic E-state index is -1.92. The average molecular weight is 323 g/mol. The quantitative estimate of drug-likeness (QED) is 0.582. The van der Waals surface area contributed by atoms with Crippen LogP contribution in [0.4, 0.5) is 5.69 Å². The van der Waals surface area contributed by atoms with E-state index < -0.39 is 6.04 Å². The highest BCUT2D eigenvalue weighted by atomic mass is 32.4. The van der Waals surface area contributed by atoms with Crippen LogP contribution in [0.25, 0.3) is 0 Å². The van der Waals surface area contributed by atoms with Crippen molar-refractivity contribution >= 4 is 34.1 Å². The van der Waals surface area contributed by atoms with Gasteiger partial charge < -0.3 is 5.73 Å². The molecule has 110 valence electrons. The Morgan fingerprint density at radius 2 is 1.14 bits per heavy atom. The Kier molecular flexibility index (Phi) is 4.42. The third-order valence-electron chi connectivity index (χ3n) is 3.79. The summed E-state index contributed by atoms with van der Waals surface area (Å²) >= 11 is 6.23. The van der Waals surface area contributed by atoms with Crippen molar-refractivity contribution in [2.24, 2.45) is 0 Å². The molecular weight excluding hydrogens is 305 g/mol. The van der Waals surface area contributed by atoms with Crippen LogP contribution >= 0.6 is 6.04 Å². The minimum Gasteiger partial charge on any atom is -0.398 e. The lowest BCUT2D eigenvalue weighted by atomic mass is 10.2. The summed E-state index contributed by atoms with van der Waals surface area (Å²) < 4.78 is 0. The molecule has 0 aliphatic rings. The van der Waals surface area contributed by atoms with Crippen LogP contribution in [0.15, 0.2) is 84.9 Å². The normalized spacial score (nSPS) is 11.3. The van der Waals surface area contributed by atoms with Crippen molar-refractivity contribution in [1.29, 1.82) is 0 Å². The molecular formula is C19H18NPS. The van der Waals surface area contributed by atoms with Gasteiger partial charge in [-0.15, -0.1) is 0 Å². The molecule has 0 saturated heterocycles. The van der Waals surface area contributed by atoms with Crippen LogP contribution < -0.4 is 16.3 Å².